The summed E-state index contributed by atoms with van der Waals surface area (Å²) in [6, 6.07) is 15.5. The van der Waals surface area contributed by atoms with E-state index in [2.05, 4.69) is 25.7 Å². The summed E-state index contributed by atoms with van der Waals surface area (Å²) in [7, 11) is 0. The van der Waals surface area contributed by atoms with Gasteiger partial charge in [0.15, 0.2) is 5.69 Å². The summed E-state index contributed by atoms with van der Waals surface area (Å²) in [4.78, 5) is 17.7. The SMILES string of the molecule is Cc1ccc(C(=O)c2nnnc3c2NCCN=C3c2ccc(C)cc2)cc1. The molecule has 1 N–H and O–H groups in total. The van der Waals surface area contributed by atoms with Crippen molar-refractivity contribution in [1.82, 2.24) is 15.4 Å². The van der Waals surface area contributed by atoms with E-state index in [0.717, 1.165) is 16.8 Å². The Labute approximate surface area is 157 Å². The number of nitrogens with one attached hydrogen (secondary N) is 1. The average molecular weight is 357 g/mol. The lowest BCUT2D eigenvalue weighted by Gasteiger charge is -2.12. The standard InChI is InChI=1S/C21H19N5O/c1-13-3-7-15(8-4-13)17-19-18(23-12-11-22-17)20(25-26-24-19)21(27)16-9-5-14(2)6-10-16/h3-10,23H,11-12H2,1-2H3. The molecule has 0 aliphatic carbocycles. The van der Waals surface area contributed by atoms with Crippen molar-refractivity contribution in [2.45, 2.75) is 13.8 Å². The van der Waals surface area contributed by atoms with Crippen LogP contribution in [0.3, 0.4) is 0 Å². The molecule has 4 rings (SSSR count). The van der Waals surface area contributed by atoms with Crippen LogP contribution in [0.15, 0.2) is 53.5 Å². The second-order valence-corrected chi connectivity index (χ2v) is 6.58. The van der Waals surface area contributed by atoms with Gasteiger partial charge in [0.1, 0.15) is 5.69 Å². The number of anilines is 1. The number of hydrogen-bond acceptors (Lipinski definition) is 6. The summed E-state index contributed by atoms with van der Waals surface area (Å²) in [6.07, 6.45) is 0. The number of nitrogens with zero attached hydrogens (tertiary/aromatic N) is 4. The lowest BCUT2D eigenvalue weighted by molar-refractivity contribution is 0.103. The molecule has 6 heteroatoms. The van der Waals surface area contributed by atoms with Crippen LogP contribution >= 0.6 is 0 Å². The molecular weight excluding hydrogens is 338 g/mol. The predicted molar refractivity (Wildman–Crippen MR) is 105 cm³/mol. The molecule has 27 heavy (non-hydrogen) atoms. The van der Waals surface area contributed by atoms with Crippen LogP contribution in [0.25, 0.3) is 0 Å². The lowest BCUT2D eigenvalue weighted by atomic mass is 10.0. The maximum atomic E-state index is 13.0. The topological polar surface area (TPSA) is 80.1 Å². The summed E-state index contributed by atoms with van der Waals surface area (Å²) in [5.41, 5.74) is 5.92. The number of aliphatic imine (C=N–C) groups is 1. The van der Waals surface area contributed by atoms with Crippen molar-refractivity contribution in [3.8, 4) is 0 Å². The molecule has 0 saturated heterocycles. The first-order valence-electron chi connectivity index (χ1n) is 8.84. The highest BCUT2D eigenvalue weighted by atomic mass is 16.1. The van der Waals surface area contributed by atoms with Crippen molar-refractivity contribution in [3.63, 3.8) is 0 Å². The van der Waals surface area contributed by atoms with Crippen LogP contribution in [0, 0.1) is 13.8 Å². The minimum Gasteiger partial charge on any atom is -0.379 e. The van der Waals surface area contributed by atoms with E-state index in [-0.39, 0.29) is 11.5 Å². The van der Waals surface area contributed by atoms with Gasteiger partial charge < -0.3 is 5.32 Å². The number of benzene rings is 2. The Balaban J connectivity index is 1.81. The number of aromatic nitrogens is 3. The minimum atomic E-state index is -0.182. The molecule has 2 aromatic carbocycles. The Morgan fingerprint density at radius 1 is 0.926 bits per heavy atom. The number of rotatable bonds is 3. The van der Waals surface area contributed by atoms with E-state index in [9.17, 15) is 4.79 Å². The molecule has 0 atom stereocenters. The second kappa shape index (κ2) is 7.07. The molecule has 0 radical (unpaired) electrons. The fourth-order valence-corrected chi connectivity index (χ4v) is 3.02. The highest BCUT2D eigenvalue weighted by molar-refractivity contribution is 6.19. The number of aryl methyl sites for hydroxylation is 2. The van der Waals surface area contributed by atoms with Crippen LogP contribution in [-0.2, 0) is 0 Å². The predicted octanol–water partition coefficient (Wildman–Crippen LogP) is 2.98. The molecule has 1 aromatic heterocycles. The van der Waals surface area contributed by atoms with E-state index >= 15 is 0 Å². The molecule has 6 nitrogen and oxygen atoms in total. The van der Waals surface area contributed by atoms with Crippen molar-refractivity contribution in [1.29, 1.82) is 0 Å². The number of ketones is 1. The van der Waals surface area contributed by atoms with Gasteiger partial charge in [0.05, 0.1) is 17.9 Å². The Bertz CT molecular complexity index is 1020. The monoisotopic (exact) mass is 357 g/mol. The molecule has 134 valence electrons. The van der Waals surface area contributed by atoms with Crippen molar-refractivity contribution < 1.29 is 4.79 Å². The van der Waals surface area contributed by atoms with Crippen LogP contribution < -0.4 is 5.32 Å². The van der Waals surface area contributed by atoms with Gasteiger partial charge in [-0.2, -0.15) is 0 Å². The zero-order chi connectivity index (χ0) is 18.8. The molecule has 1 aliphatic heterocycles. The average Bonchev–Trinajstić information content (AvgIpc) is 2.91. The first-order valence-corrected chi connectivity index (χ1v) is 8.84. The Morgan fingerprint density at radius 3 is 2.30 bits per heavy atom. The van der Waals surface area contributed by atoms with Crippen LogP contribution in [0.1, 0.15) is 38.4 Å². The Kier molecular flexibility index (Phi) is 4.46. The fraction of sp³-hybridized carbons (Fsp3) is 0.190. The number of carbonyl (C=O) groups excluding carboxylic acids is 1. The van der Waals surface area contributed by atoms with E-state index < -0.39 is 0 Å². The van der Waals surface area contributed by atoms with Crippen molar-refractivity contribution in [3.05, 3.63) is 82.2 Å². The molecule has 0 spiro atoms. The lowest BCUT2D eigenvalue weighted by Crippen LogP contribution is -2.17. The molecular formula is C21H19N5O. The minimum absolute atomic E-state index is 0.182. The van der Waals surface area contributed by atoms with E-state index in [0.29, 0.717) is 30.0 Å². The Morgan fingerprint density at radius 2 is 1.59 bits per heavy atom. The van der Waals surface area contributed by atoms with Gasteiger partial charge in [-0.25, -0.2) is 0 Å². The maximum Gasteiger partial charge on any atom is 0.215 e. The van der Waals surface area contributed by atoms with Crippen LogP contribution in [-0.4, -0.2) is 40.0 Å². The van der Waals surface area contributed by atoms with Crippen LogP contribution in [0.5, 0.6) is 0 Å². The largest absolute Gasteiger partial charge is 0.379 e. The van der Waals surface area contributed by atoms with Gasteiger partial charge in [0.25, 0.3) is 0 Å². The van der Waals surface area contributed by atoms with Crippen LogP contribution in [0.4, 0.5) is 5.69 Å². The molecule has 2 heterocycles. The summed E-state index contributed by atoms with van der Waals surface area (Å²) < 4.78 is 0. The van der Waals surface area contributed by atoms with Gasteiger partial charge in [-0.15, -0.1) is 10.2 Å². The van der Waals surface area contributed by atoms with E-state index in [4.69, 9.17) is 0 Å². The van der Waals surface area contributed by atoms with Crippen LogP contribution in [0.2, 0.25) is 0 Å². The van der Waals surface area contributed by atoms with E-state index in [1.165, 1.54) is 5.56 Å². The van der Waals surface area contributed by atoms with Gasteiger partial charge >= 0.3 is 0 Å². The molecule has 0 bridgehead atoms. The Hall–Kier alpha value is -3.41. The summed E-state index contributed by atoms with van der Waals surface area (Å²) in [5, 5.41) is 15.4. The van der Waals surface area contributed by atoms with Gasteiger partial charge in [-0.05, 0) is 19.1 Å². The van der Waals surface area contributed by atoms with Gasteiger partial charge in [0, 0.05) is 17.7 Å². The molecule has 0 amide bonds. The molecule has 1 aliphatic rings. The van der Waals surface area contributed by atoms with Crippen molar-refractivity contribution in [2.75, 3.05) is 18.4 Å². The third-order valence-electron chi connectivity index (χ3n) is 4.52. The van der Waals surface area contributed by atoms with Gasteiger partial charge in [-0.3, -0.25) is 9.79 Å². The van der Waals surface area contributed by atoms with Gasteiger partial charge in [-0.1, -0.05) is 59.7 Å². The van der Waals surface area contributed by atoms with E-state index in [1.54, 1.807) is 12.1 Å². The molecule has 0 fully saturated rings. The number of fused-ring (bicyclic) bond motifs is 1. The zero-order valence-electron chi connectivity index (χ0n) is 15.2. The smallest absolute Gasteiger partial charge is 0.215 e. The zero-order valence-corrected chi connectivity index (χ0v) is 15.2. The highest BCUT2D eigenvalue weighted by Gasteiger charge is 2.25. The van der Waals surface area contributed by atoms with Crippen molar-refractivity contribution >= 4 is 17.2 Å². The third kappa shape index (κ3) is 3.33. The first-order chi connectivity index (χ1) is 13.1. The third-order valence-corrected chi connectivity index (χ3v) is 4.52. The maximum absolute atomic E-state index is 13.0. The second-order valence-electron chi connectivity index (χ2n) is 6.58. The summed E-state index contributed by atoms with van der Waals surface area (Å²) >= 11 is 0. The summed E-state index contributed by atoms with van der Waals surface area (Å²) in [5.74, 6) is -0.182. The first kappa shape index (κ1) is 17.0. The normalized spacial score (nSPS) is 13.2. The fourth-order valence-electron chi connectivity index (χ4n) is 3.02. The quantitative estimate of drug-likeness (QED) is 0.729. The van der Waals surface area contributed by atoms with Gasteiger partial charge in [0.2, 0.25) is 5.78 Å². The highest BCUT2D eigenvalue weighted by Crippen LogP contribution is 2.24. The van der Waals surface area contributed by atoms with Crippen molar-refractivity contribution in [2.24, 2.45) is 4.99 Å². The molecule has 3 aromatic rings. The molecule has 0 unspecified atom stereocenters. The van der Waals surface area contributed by atoms with E-state index in [1.807, 2.05) is 50.2 Å². The summed E-state index contributed by atoms with van der Waals surface area (Å²) in [6.45, 7) is 5.20. The number of carbonyl (C=O) groups is 1. The number of hydrogen-bond donors (Lipinski definition) is 1. The molecule has 0 saturated carbocycles.